The molecule has 3 heteroatoms. The van der Waals surface area contributed by atoms with Gasteiger partial charge in [-0.2, -0.15) is 0 Å². The van der Waals surface area contributed by atoms with Crippen molar-refractivity contribution in [2.75, 3.05) is 0 Å². The SMILES string of the molecule is Brc1ccc(Oc2cc[c]cc2)c(Br)c1. The van der Waals surface area contributed by atoms with Crippen molar-refractivity contribution in [3.8, 4) is 11.5 Å². The lowest BCUT2D eigenvalue weighted by molar-refractivity contribution is 0.479. The van der Waals surface area contributed by atoms with Gasteiger partial charge in [-0.1, -0.05) is 28.1 Å². The highest BCUT2D eigenvalue weighted by Crippen LogP contribution is 2.31. The van der Waals surface area contributed by atoms with Gasteiger partial charge in [-0.25, -0.2) is 0 Å². The van der Waals surface area contributed by atoms with Gasteiger partial charge in [0.2, 0.25) is 0 Å². The molecule has 75 valence electrons. The van der Waals surface area contributed by atoms with Gasteiger partial charge in [0.25, 0.3) is 0 Å². The van der Waals surface area contributed by atoms with Crippen molar-refractivity contribution in [2.24, 2.45) is 0 Å². The summed E-state index contributed by atoms with van der Waals surface area (Å²) in [6.07, 6.45) is 0. The van der Waals surface area contributed by atoms with Crippen LogP contribution in [0, 0.1) is 6.07 Å². The minimum atomic E-state index is 0.796. The molecule has 0 aliphatic heterocycles. The van der Waals surface area contributed by atoms with E-state index in [1.165, 1.54) is 0 Å². The molecule has 15 heavy (non-hydrogen) atoms. The summed E-state index contributed by atoms with van der Waals surface area (Å²) in [6, 6.07) is 16.1. The molecular weight excluding hydrogens is 320 g/mol. The zero-order valence-electron chi connectivity index (χ0n) is 7.71. The van der Waals surface area contributed by atoms with Gasteiger partial charge in [-0.05, 0) is 52.3 Å². The van der Waals surface area contributed by atoms with E-state index in [9.17, 15) is 0 Å². The van der Waals surface area contributed by atoms with Gasteiger partial charge >= 0.3 is 0 Å². The van der Waals surface area contributed by atoms with Crippen LogP contribution in [0.2, 0.25) is 0 Å². The second kappa shape index (κ2) is 4.81. The Labute approximate surface area is 105 Å². The molecule has 0 aliphatic rings. The second-order valence-electron chi connectivity index (χ2n) is 2.91. The zero-order chi connectivity index (χ0) is 10.7. The number of hydrogen-bond acceptors (Lipinski definition) is 1. The lowest BCUT2D eigenvalue weighted by Crippen LogP contribution is -1.84. The Hall–Kier alpha value is -0.800. The molecule has 0 atom stereocenters. The Morgan fingerprint density at radius 1 is 1.00 bits per heavy atom. The molecule has 2 aromatic rings. The van der Waals surface area contributed by atoms with Gasteiger partial charge in [0.1, 0.15) is 11.5 Å². The first kappa shape index (κ1) is 10.7. The molecule has 2 aromatic carbocycles. The predicted octanol–water partition coefficient (Wildman–Crippen LogP) is 4.80. The molecule has 2 rings (SSSR count). The summed E-state index contributed by atoms with van der Waals surface area (Å²) in [7, 11) is 0. The summed E-state index contributed by atoms with van der Waals surface area (Å²) in [4.78, 5) is 0. The Bertz CT molecular complexity index is 454. The van der Waals surface area contributed by atoms with E-state index in [4.69, 9.17) is 4.74 Å². The largest absolute Gasteiger partial charge is 0.456 e. The van der Waals surface area contributed by atoms with Crippen molar-refractivity contribution < 1.29 is 4.74 Å². The van der Waals surface area contributed by atoms with E-state index >= 15 is 0 Å². The first-order valence-corrected chi connectivity index (χ1v) is 5.93. The van der Waals surface area contributed by atoms with Crippen LogP contribution in [0.25, 0.3) is 0 Å². The van der Waals surface area contributed by atoms with Gasteiger partial charge in [0.05, 0.1) is 4.47 Å². The third-order valence-electron chi connectivity index (χ3n) is 1.81. The Morgan fingerprint density at radius 2 is 1.73 bits per heavy atom. The van der Waals surface area contributed by atoms with Crippen LogP contribution < -0.4 is 4.74 Å². The van der Waals surface area contributed by atoms with Crippen LogP contribution in [0.3, 0.4) is 0 Å². The van der Waals surface area contributed by atoms with Gasteiger partial charge in [-0.3, -0.25) is 0 Å². The molecule has 0 heterocycles. The molecule has 0 aliphatic carbocycles. The molecule has 1 radical (unpaired) electrons. The number of benzene rings is 2. The number of hydrogen-bond donors (Lipinski definition) is 0. The third kappa shape index (κ3) is 2.83. The molecule has 0 saturated heterocycles. The van der Waals surface area contributed by atoms with E-state index < -0.39 is 0 Å². The summed E-state index contributed by atoms with van der Waals surface area (Å²) >= 11 is 6.83. The highest BCUT2D eigenvalue weighted by Gasteiger charge is 2.02. The molecule has 0 aromatic heterocycles. The molecule has 0 spiro atoms. The van der Waals surface area contributed by atoms with Crippen LogP contribution >= 0.6 is 31.9 Å². The number of rotatable bonds is 2. The maximum Gasteiger partial charge on any atom is 0.141 e. The zero-order valence-corrected chi connectivity index (χ0v) is 10.9. The van der Waals surface area contributed by atoms with E-state index in [1.54, 1.807) is 0 Å². The van der Waals surface area contributed by atoms with E-state index in [0.29, 0.717) is 0 Å². The smallest absolute Gasteiger partial charge is 0.141 e. The highest BCUT2D eigenvalue weighted by atomic mass is 79.9. The fourth-order valence-electron chi connectivity index (χ4n) is 1.12. The van der Waals surface area contributed by atoms with E-state index in [0.717, 1.165) is 20.4 Å². The lowest BCUT2D eigenvalue weighted by Gasteiger charge is -2.07. The summed E-state index contributed by atoms with van der Waals surface area (Å²) in [5.41, 5.74) is 0. The van der Waals surface area contributed by atoms with Gasteiger partial charge in [-0.15, -0.1) is 0 Å². The first-order chi connectivity index (χ1) is 7.25. The van der Waals surface area contributed by atoms with E-state index in [2.05, 4.69) is 37.9 Å². The normalized spacial score (nSPS) is 10.0. The van der Waals surface area contributed by atoms with Crippen molar-refractivity contribution in [3.63, 3.8) is 0 Å². The van der Waals surface area contributed by atoms with Crippen LogP contribution in [0.5, 0.6) is 11.5 Å². The summed E-state index contributed by atoms with van der Waals surface area (Å²) in [5.74, 6) is 1.60. The standard InChI is InChI=1S/C12H7Br2O/c13-9-6-7-12(11(14)8-9)15-10-4-2-1-3-5-10/h2-8H. The van der Waals surface area contributed by atoms with Gasteiger partial charge in [0.15, 0.2) is 0 Å². The summed E-state index contributed by atoms with van der Waals surface area (Å²) in [5, 5.41) is 0. The van der Waals surface area contributed by atoms with Crippen LogP contribution in [0.4, 0.5) is 0 Å². The third-order valence-corrected chi connectivity index (χ3v) is 2.92. The summed E-state index contributed by atoms with van der Waals surface area (Å²) < 4.78 is 7.61. The second-order valence-corrected chi connectivity index (χ2v) is 4.68. The minimum Gasteiger partial charge on any atom is -0.456 e. The van der Waals surface area contributed by atoms with Crippen LogP contribution in [0.15, 0.2) is 51.4 Å². The number of halogens is 2. The lowest BCUT2D eigenvalue weighted by atomic mass is 10.3. The topological polar surface area (TPSA) is 9.23 Å². The van der Waals surface area contributed by atoms with E-state index in [1.807, 2.05) is 42.5 Å². The average Bonchev–Trinajstić information content (AvgIpc) is 2.24. The molecule has 0 saturated carbocycles. The molecule has 1 nitrogen and oxygen atoms in total. The molecule has 0 fully saturated rings. The summed E-state index contributed by atoms with van der Waals surface area (Å²) in [6.45, 7) is 0. The van der Waals surface area contributed by atoms with Gasteiger partial charge < -0.3 is 4.74 Å². The molecular formula is C12H7Br2O. The van der Waals surface area contributed by atoms with Crippen molar-refractivity contribution in [1.82, 2.24) is 0 Å². The van der Waals surface area contributed by atoms with Crippen molar-refractivity contribution in [3.05, 3.63) is 57.5 Å². The van der Waals surface area contributed by atoms with Crippen LogP contribution in [-0.2, 0) is 0 Å². The van der Waals surface area contributed by atoms with E-state index in [-0.39, 0.29) is 0 Å². The Kier molecular flexibility index (Phi) is 3.44. The minimum absolute atomic E-state index is 0.796. The highest BCUT2D eigenvalue weighted by molar-refractivity contribution is 9.11. The monoisotopic (exact) mass is 325 g/mol. The first-order valence-electron chi connectivity index (χ1n) is 4.35. The maximum absolute atomic E-state index is 5.68. The fourth-order valence-corrected chi connectivity index (χ4v) is 2.25. The number of ether oxygens (including phenoxy) is 1. The van der Waals surface area contributed by atoms with Crippen molar-refractivity contribution in [1.29, 1.82) is 0 Å². The Balaban J connectivity index is 2.25. The van der Waals surface area contributed by atoms with Crippen LogP contribution in [0.1, 0.15) is 0 Å². The molecule has 0 amide bonds. The van der Waals surface area contributed by atoms with Gasteiger partial charge in [0, 0.05) is 4.47 Å². The van der Waals surface area contributed by atoms with Crippen LogP contribution in [-0.4, -0.2) is 0 Å². The maximum atomic E-state index is 5.68. The Morgan fingerprint density at radius 3 is 2.40 bits per heavy atom. The van der Waals surface area contributed by atoms with Crippen molar-refractivity contribution >= 4 is 31.9 Å². The molecule has 0 bridgehead atoms. The quantitative estimate of drug-likeness (QED) is 0.770. The fraction of sp³-hybridized carbons (Fsp3) is 0. The average molecular weight is 327 g/mol. The van der Waals surface area contributed by atoms with Crippen molar-refractivity contribution in [2.45, 2.75) is 0 Å². The molecule has 0 unspecified atom stereocenters. The molecule has 0 N–H and O–H groups in total. The predicted molar refractivity (Wildman–Crippen MR) is 67.2 cm³/mol.